The SMILES string of the molecule is CCC1CN(Cc2coc(Br)c2)CCS1. The van der Waals surface area contributed by atoms with Crippen molar-refractivity contribution in [2.75, 3.05) is 18.8 Å². The minimum atomic E-state index is 0.814. The van der Waals surface area contributed by atoms with E-state index in [9.17, 15) is 0 Å². The van der Waals surface area contributed by atoms with Gasteiger partial charge in [0.1, 0.15) is 0 Å². The van der Waals surface area contributed by atoms with E-state index in [-0.39, 0.29) is 0 Å². The van der Waals surface area contributed by atoms with Crippen molar-refractivity contribution in [3.05, 3.63) is 22.6 Å². The van der Waals surface area contributed by atoms with Gasteiger partial charge in [-0.2, -0.15) is 11.8 Å². The van der Waals surface area contributed by atoms with Crippen molar-refractivity contribution in [2.45, 2.75) is 25.1 Å². The highest BCUT2D eigenvalue weighted by atomic mass is 79.9. The summed E-state index contributed by atoms with van der Waals surface area (Å²) in [6.07, 6.45) is 3.11. The molecule has 4 heteroatoms. The molecule has 0 spiro atoms. The molecule has 1 fully saturated rings. The van der Waals surface area contributed by atoms with Crippen LogP contribution in [0.5, 0.6) is 0 Å². The van der Waals surface area contributed by atoms with Crippen LogP contribution in [0.3, 0.4) is 0 Å². The molecule has 1 saturated heterocycles. The first-order chi connectivity index (χ1) is 7.28. The summed E-state index contributed by atoms with van der Waals surface area (Å²) < 4.78 is 6.07. The van der Waals surface area contributed by atoms with Crippen LogP contribution >= 0.6 is 27.7 Å². The highest BCUT2D eigenvalue weighted by molar-refractivity contribution is 9.10. The van der Waals surface area contributed by atoms with E-state index in [1.54, 1.807) is 0 Å². The maximum atomic E-state index is 5.24. The Morgan fingerprint density at radius 1 is 1.67 bits per heavy atom. The van der Waals surface area contributed by atoms with E-state index < -0.39 is 0 Å². The number of furan rings is 1. The van der Waals surface area contributed by atoms with Gasteiger partial charge < -0.3 is 4.42 Å². The van der Waals surface area contributed by atoms with E-state index in [1.807, 2.05) is 6.26 Å². The standard InChI is InChI=1S/C11H16BrNOS/c1-2-10-7-13(3-4-15-10)6-9-5-11(12)14-8-9/h5,8,10H,2-4,6-7H2,1H3. The third-order valence-corrected chi connectivity index (χ3v) is 4.49. The Hall–Kier alpha value is 0.0700. The Bertz CT molecular complexity index is 315. The molecule has 0 saturated carbocycles. The van der Waals surface area contributed by atoms with Crippen LogP contribution in [-0.2, 0) is 6.54 Å². The summed E-state index contributed by atoms with van der Waals surface area (Å²) in [5.41, 5.74) is 1.27. The lowest BCUT2D eigenvalue weighted by Gasteiger charge is -2.31. The minimum absolute atomic E-state index is 0.814. The van der Waals surface area contributed by atoms with Gasteiger partial charge in [-0.1, -0.05) is 6.92 Å². The zero-order valence-corrected chi connectivity index (χ0v) is 11.3. The molecule has 0 bridgehead atoms. The van der Waals surface area contributed by atoms with Crippen LogP contribution in [0.1, 0.15) is 18.9 Å². The second-order valence-electron chi connectivity index (χ2n) is 3.90. The normalized spacial score (nSPS) is 23.2. The molecule has 2 nitrogen and oxygen atoms in total. The predicted molar refractivity (Wildman–Crippen MR) is 68.2 cm³/mol. The third kappa shape index (κ3) is 3.26. The first-order valence-electron chi connectivity index (χ1n) is 5.35. The average molecular weight is 290 g/mol. The van der Waals surface area contributed by atoms with Crippen LogP contribution in [-0.4, -0.2) is 29.0 Å². The van der Waals surface area contributed by atoms with Crippen LogP contribution in [0, 0.1) is 0 Å². The Kier molecular flexibility index (Phi) is 4.17. The lowest BCUT2D eigenvalue weighted by atomic mass is 10.2. The van der Waals surface area contributed by atoms with Crippen molar-refractivity contribution >= 4 is 27.7 Å². The minimum Gasteiger partial charge on any atom is -0.457 e. The fourth-order valence-corrected chi connectivity index (χ4v) is 3.49. The molecular weight excluding hydrogens is 274 g/mol. The number of thioether (sulfide) groups is 1. The van der Waals surface area contributed by atoms with Crippen LogP contribution in [0.25, 0.3) is 0 Å². The van der Waals surface area contributed by atoms with Crippen molar-refractivity contribution in [1.29, 1.82) is 0 Å². The van der Waals surface area contributed by atoms with Gasteiger partial charge >= 0.3 is 0 Å². The van der Waals surface area contributed by atoms with Gasteiger partial charge in [-0.25, -0.2) is 0 Å². The zero-order valence-electron chi connectivity index (χ0n) is 8.91. The van der Waals surface area contributed by atoms with E-state index >= 15 is 0 Å². The molecule has 0 aliphatic carbocycles. The molecule has 15 heavy (non-hydrogen) atoms. The van der Waals surface area contributed by atoms with Gasteiger partial charge in [-0.15, -0.1) is 0 Å². The van der Waals surface area contributed by atoms with Gasteiger partial charge in [-0.05, 0) is 28.4 Å². The lowest BCUT2D eigenvalue weighted by molar-refractivity contribution is 0.272. The first-order valence-corrected chi connectivity index (χ1v) is 7.19. The molecule has 1 aromatic heterocycles. The van der Waals surface area contributed by atoms with Crippen LogP contribution in [0.4, 0.5) is 0 Å². The second-order valence-corrected chi connectivity index (χ2v) is 6.09. The Morgan fingerprint density at radius 3 is 3.20 bits per heavy atom. The molecule has 2 rings (SSSR count). The Labute approximate surface area is 104 Å². The van der Waals surface area contributed by atoms with Gasteiger partial charge in [0, 0.05) is 36.2 Å². The van der Waals surface area contributed by atoms with Crippen molar-refractivity contribution in [2.24, 2.45) is 0 Å². The molecule has 2 heterocycles. The topological polar surface area (TPSA) is 16.4 Å². The Morgan fingerprint density at radius 2 is 2.53 bits per heavy atom. The summed E-state index contributed by atoms with van der Waals surface area (Å²) in [6.45, 7) is 5.70. The van der Waals surface area contributed by atoms with Gasteiger partial charge in [-0.3, -0.25) is 4.90 Å². The van der Waals surface area contributed by atoms with Crippen LogP contribution in [0.2, 0.25) is 0 Å². The van der Waals surface area contributed by atoms with E-state index in [2.05, 4.69) is 45.6 Å². The summed E-state index contributed by atoms with van der Waals surface area (Å²) in [5.74, 6) is 1.26. The van der Waals surface area contributed by atoms with E-state index in [1.165, 1.54) is 30.8 Å². The summed E-state index contributed by atoms with van der Waals surface area (Å²) in [7, 11) is 0. The quantitative estimate of drug-likeness (QED) is 0.849. The molecule has 0 amide bonds. The molecule has 1 aromatic rings. The zero-order chi connectivity index (χ0) is 10.7. The van der Waals surface area contributed by atoms with Crippen molar-refractivity contribution < 1.29 is 4.42 Å². The summed E-state index contributed by atoms with van der Waals surface area (Å²) in [5, 5.41) is 0.814. The second kappa shape index (κ2) is 5.41. The van der Waals surface area contributed by atoms with Crippen LogP contribution in [0.15, 0.2) is 21.4 Å². The molecule has 0 N–H and O–H groups in total. The lowest BCUT2D eigenvalue weighted by Crippen LogP contribution is -2.36. The van der Waals surface area contributed by atoms with Gasteiger partial charge in [0.15, 0.2) is 4.67 Å². The molecule has 1 atom stereocenters. The summed E-state index contributed by atoms with van der Waals surface area (Å²) in [4.78, 5) is 2.52. The van der Waals surface area contributed by atoms with Crippen molar-refractivity contribution in [3.8, 4) is 0 Å². The molecule has 1 aliphatic heterocycles. The van der Waals surface area contributed by atoms with E-state index in [0.717, 1.165) is 16.5 Å². The largest absolute Gasteiger partial charge is 0.457 e. The molecule has 0 radical (unpaired) electrons. The average Bonchev–Trinajstić information content (AvgIpc) is 2.64. The smallest absolute Gasteiger partial charge is 0.169 e. The molecular formula is C11H16BrNOS. The summed E-state index contributed by atoms with van der Waals surface area (Å²) >= 11 is 5.44. The predicted octanol–water partition coefficient (Wildman–Crippen LogP) is 3.37. The van der Waals surface area contributed by atoms with Crippen LogP contribution < -0.4 is 0 Å². The number of hydrogen-bond donors (Lipinski definition) is 0. The van der Waals surface area contributed by atoms with Gasteiger partial charge in [0.25, 0.3) is 0 Å². The van der Waals surface area contributed by atoms with E-state index in [0.29, 0.717) is 0 Å². The molecule has 1 aliphatic rings. The third-order valence-electron chi connectivity index (χ3n) is 2.71. The maximum absolute atomic E-state index is 5.24. The number of hydrogen-bond acceptors (Lipinski definition) is 3. The molecule has 0 aromatic carbocycles. The van der Waals surface area contributed by atoms with Crippen molar-refractivity contribution in [1.82, 2.24) is 4.90 Å². The van der Waals surface area contributed by atoms with E-state index in [4.69, 9.17) is 4.42 Å². The summed E-state index contributed by atoms with van der Waals surface area (Å²) in [6, 6.07) is 2.06. The monoisotopic (exact) mass is 289 g/mol. The number of rotatable bonds is 3. The molecule has 1 unspecified atom stereocenters. The highest BCUT2D eigenvalue weighted by Crippen LogP contribution is 2.23. The Balaban J connectivity index is 1.88. The fourth-order valence-electron chi connectivity index (χ4n) is 1.86. The number of halogens is 1. The fraction of sp³-hybridized carbons (Fsp3) is 0.636. The van der Waals surface area contributed by atoms with Crippen molar-refractivity contribution in [3.63, 3.8) is 0 Å². The van der Waals surface area contributed by atoms with Gasteiger partial charge in [0.2, 0.25) is 0 Å². The maximum Gasteiger partial charge on any atom is 0.169 e. The molecule has 84 valence electrons. The first kappa shape index (κ1) is 11.6. The van der Waals surface area contributed by atoms with Gasteiger partial charge in [0.05, 0.1) is 6.26 Å². The highest BCUT2D eigenvalue weighted by Gasteiger charge is 2.19. The number of nitrogens with zero attached hydrogens (tertiary/aromatic N) is 1.